The average Bonchev–Trinajstić information content (AvgIpc) is 3.34. The van der Waals surface area contributed by atoms with Gasteiger partial charge in [0.1, 0.15) is 11.6 Å². The van der Waals surface area contributed by atoms with Gasteiger partial charge in [-0.25, -0.2) is 9.18 Å². The molecule has 1 fully saturated rings. The van der Waals surface area contributed by atoms with E-state index in [1.165, 1.54) is 22.8 Å². The molecule has 0 bridgehead atoms. The number of carbonyl (C=O) groups is 1. The molecule has 2 heterocycles. The van der Waals surface area contributed by atoms with E-state index in [4.69, 9.17) is 21.7 Å². The normalized spacial score (nSPS) is 17.6. The van der Waals surface area contributed by atoms with E-state index in [9.17, 15) is 14.0 Å². The Morgan fingerprint density at radius 1 is 1.15 bits per heavy atom. The number of hydrogen-bond donors (Lipinski definition) is 4. The van der Waals surface area contributed by atoms with Crippen molar-refractivity contribution in [2.75, 3.05) is 38.7 Å². The Morgan fingerprint density at radius 3 is 2.59 bits per heavy atom. The largest absolute Gasteiger partial charge is 0.383 e. The van der Waals surface area contributed by atoms with Crippen molar-refractivity contribution in [1.82, 2.24) is 20.1 Å². The molecule has 2 amide bonds. The number of pyridine rings is 1. The number of hydrogen-bond acceptors (Lipinski definition) is 6. The highest BCUT2D eigenvalue weighted by atomic mass is 35.5. The summed E-state index contributed by atoms with van der Waals surface area (Å²) in [7, 11) is 3.25. The van der Waals surface area contributed by atoms with E-state index in [0.717, 1.165) is 0 Å². The number of halogens is 2. The van der Waals surface area contributed by atoms with E-state index >= 15 is 0 Å². The van der Waals surface area contributed by atoms with Crippen LogP contribution in [0, 0.1) is 11.2 Å². The number of anilines is 1. The number of likely N-dealkylation sites (tertiary alicyclic amines) is 1. The maximum atomic E-state index is 14.2. The van der Waals surface area contributed by atoms with Crippen molar-refractivity contribution in [2.45, 2.75) is 18.9 Å². The predicted molar refractivity (Wildman–Crippen MR) is 159 cm³/mol. The predicted octanol–water partition coefficient (Wildman–Crippen LogP) is 4.30. The third-order valence-electron chi connectivity index (χ3n) is 7.04. The molecule has 1 unspecified atom stereocenters. The third-order valence-corrected chi connectivity index (χ3v) is 7.26. The zero-order chi connectivity index (χ0) is 29.5. The molecule has 0 radical (unpaired) electrons. The number of para-hydroxylation sites is 1. The first-order valence-electron chi connectivity index (χ1n) is 13.2. The van der Waals surface area contributed by atoms with Gasteiger partial charge >= 0.3 is 6.03 Å². The number of ether oxygens (including phenoxy) is 1. The summed E-state index contributed by atoms with van der Waals surface area (Å²) in [5, 5.41) is 18.2. The molecule has 4 N–H and O–H groups in total. The molecule has 4 rings (SSSR count). The van der Waals surface area contributed by atoms with Gasteiger partial charge in [0.05, 0.1) is 18.4 Å². The van der Waals surface area contributed by atoms with Crippen molar-refractivity contribution in [1.29, 1.82) is 5.41 Å². The monoisotopic (exact) mass is 580 g/mol. The lowest BCUT2D eigenvalue weighted by Gasteiger charge is -2.23. The lowest BCUT2D eigenvalue weighted by atomic mass is 9.94. The van der Waals surface area contributed by atoms with E-state index in [0.29, 0.717) is 59.5 Å². The molecule has 1 aromatic heterocycles. The standard InChI is InChI=1S/C30H34ClFN6O3/c1-19(28(33)20-9-10-27(39)37(2)16-20)29(34-24-7-5-4-6-8-24)36-30(40)35-26-18-38(11-12-41-3)17-25(26)21-13-22(31)15-23(32)14-21/h4-10,13-16,25-26,33-34H,11-12,17-18H2,1-3H3,(H2,35,36,40)/b29-19+,33-28?/t25?,26-/m1/s1. The Kier molecular flexibility index (Phi) is 9.93. The summed E-state index contributed by atoms with van der Waals surface area (Å²) in [4.78, 5) is 27.4. The highest BCUT2D eigenvalue weighted by Crippen LogP contribution is 2.30. The number of nitrogens with one attached hydrogen (secondary N) is 4. The molecule has 9 nitrogen and oxygen atoms in total. The summed E-state index contributed by atoms with van der Waals surface area (Å²) in [6.07, 6.45) is 1.58. The summed E-state index contributed by atoms with van der Waals surface area (Å²) < 4.78 is 20.9. The minimum atomic E-state index is -0.484. The van der Waals surface area contributed by atoms with Crippen molar-refractivity contribution in [3.8, 4) is 0 Å². The van der Waals surface area contributed by atoms with Crippen LogP contribution in [0.3, 0.4) is 0 Å². The molecule has 2 atom stereocenters. The number of allylic oxidation sites excluding steroid dienone is 1. The fourth-order valence-corrected chi connectivity index (χ4v) is 5.08. The van der Waals surface area contributed by atoms with E-state index < -0.39 is 11.8 Å². The Bertz CT molecular complexity index is 1470. The van der Waals surface area contributed by atoms with Gasteiger partial charge < -0.3 is 19.9 Å². The molecule has 216 valence electrons. The molecule has 11 heteroatoms. The second-order valence-corrected chi connectivity index (χ2v) is 10.4. The van der Waals surface area contributed by atoms with Gasteiger partial charge in [0.15, 0.2) is 0 Å². The van der Waals surface area contributed by atoms with Gasteiger partial charge in [-0.3, -0.25) is 20.4 Å². The first kappa shape index (κ1) is 30.0. The van der Waals surface area contributed by atoms with Crippen molar-refractivity contribution in [2.24, 2.45) is 7.05 Å². The van der Waals surface area contributed by atoms with Crippen LogP contribution in [0.15, 0.2) is 83.0 Å². The fraction of sp³-hybridized carbons (Fsp3) is 0.300. The minimum Gasteiger partial charge on any atom is -0.383 e. The quantitative estimate of drug-likeness (QED) is 0.267. The number of nitrogens with zero attached hydrogens (tertiary/aromatic N) is 2. The molecule has 0 saturated carbocycles. The SMILES string of the molecule is COCCN1CC(c2cc(F)cc(Cl)c2)[C@H](NC(=O)N/C(Nc2ccccc2)=C(\C)C(=N)c2ccc(=O)n(C)c2)C1. The number of carbonyl (C=O) groups excluding carboxylic acids is 1. The van der Waals surface area contributed by atoms with Crippen LogP contribution in [-0.2, 0) is 11.8 Å². The summed E-state index contributed by atoms with van der Waals surface area (Å²) in [5.74, 6) is -0.326. The van der Waals surface area contributed by atoms with Gasteiger partial charge in [0.2, 0.25) is 5.56 Å². The molecule has 41 heavy (non-hydrogen) atoms. The van der Waals surface area contributed by atoms with Crippen LogP contribution in [-0.4, -0.2) is 60.6 Å². The molecule has 0 aliphatic carbocycles. The molecule has 0 spiro atoms. The topological polar surface area (TPSA) is 111 Å². The maximum absolute atomic E-state index is 14.2. The van der Waals surface area contributed by atoms with Crippen molar-refractivity contribution in [3.05, 3.63) is 111 Å². The smallest absolute Gasteiger partial charge is 0.320 e. The second kappa shape index (κ2) is 13.6. The van der Waals surface area contributed by atoms with Gasteiger partial charge in [-0.15, -0.1) is 0 Å². The number of rotatable bonds is 10. The number of aromatic nitrogens is 1. The average molecular weight is 581 g/mol. The van der Waals surface area contributed by atoms with Gasteiger partial charge in [0, 0.05) is 73.8 Å². The van der Waals surface area contributed by atoms with Crippen molar-refractivity contribution >= 4 is 29.0 Å². The lowest BCUT2D eigenvalue weighted by molar-refractivity contribution is 0.159. The molecule has 2 aromatic carbocycles. The van der Waals surface area contributed by atoms with Crippen LogP contribution in [0.5, 0.6) is 0 Å². The highest BCUT2D eigenvalue weighted by molar-refractivity contribution is 6.30. The summed E-state index contributed by atoms with van der Waals surface area (Å²) in [5.41, 5.74) is 2.35. The first-order chi connectivity index (χ1) is 19.6. The van der Waals surface area contributed by atoms with Gasteiger partial charge in [0.25, 0.3) is 0 Å². The van der Waals surface area contributed by atoms with Crippen LogP contribution < -0.4 is 21.5 Å². The number of urea groups is 1. The molecule has 1 saturated heterocycles. The molecule has 1 aliphatic rings. The van der Waals surface area contributed by atoms with E-state index in [1.807, 2.05) is 30.3 Å². The van der Waals surface area contributed by atoms with Gasteiger partial charge in [-0.2, -0.15) is 0 Å². The highest BCUT2D eigenvalue weighted by Gasteiger charge is 2.35. The molecular weight excluding hydrogens is 547 g/mol. The third kappa shape index (κ3) is 7.81. The van der Waals surface area contributed by atoms with Crippen molar-refractivity contribution in [3.63, 3.8) is 0 Å². The van der Waals surface area contributed by atoms with Crippen LogP contribution >= 0.6 is 11.6 Å². The maximum Gasteiger partial charge on any atom is 0.320 e. The summed E-state index contributed by atoms with van der Waals surface area (Å²) >= 11 is 6.15. The van der Waals surface area contributed by atoms with Crippen molar-refractivity contribution < 1.29 is 13.9 Å². The summed E-state index contributed by atoms with van der Waals surface area (Å²) in [6.45, 7) is 4.03. The van der Waals surface area contributed by atoms with Crippen LogP contribution in [0.4, 0.5) is 14.9 Å². The van der Waals surface area contributed by atoms with Gasteiger partial charge in [-0.1, -0.05) is 29.8 Å². The van der Waals surface area contributed by atoms with E-state index in [-0.39, 0.29) is 23.2 Å². The van der Waals surface area contributed by atoms with Crippen LogP contribution in [0.2, 0.25) is 5.02 Å². The Morgan fingerprint density at radius 2 is 1.90 bits per heavy atom. The number of amides is 2. The fourth-order valence-electron chi connectivity index (χ4n) is 4.85. The van der Waals surface area contributed by atoms with E-state index in [1.54, 1.807) is 39.4 Å². The summed E-state index contributed by atoms with van der Waals surface area (Å²) in [6, 6.07) is 15.9. The number of aryl methyl sites for hydroxylation is 1. The Balaban J connectivity index is 1.59. The second-order valence-electron chi connectivity index (χ2n) is 10.00. The van der Waals surface area contributed by atoms with Gasteiger partial charge in [-0.05, 0) is 48.9 Å². The zero-order valence-electron chi connectivity index (χ0n) is 23.2. The molecule has 3 aromatic rings. The lowest BCUT2D eigenvalue weighted by Crippen LogP contribution is -2.46. The van der Waals surface area contributed by atoms with Crippen LogP contribution in [0.1, 0.15) is 24.0 Å². The minimum absolute atomic E-state index is 0.137. The first-order valence-corrected chi connectivity index (χ1v) is 13.6. The molecular formula is C30H34ClFN6O3. The Hall–Kier alpha value is -3.99. The van der Waals surface area contributed by atoms with E-state index in [2.05, 4.69) is 20.9 Å². The molecule has 1 aliphatic heterocycles. The number of methoxy groups -OCH3 is 1. The number of benzene rings is 2. The van der Waals surface area contributed by atoms with Crippen LogP contribution in [0.25, 0.3) is 0 Å². The Labute approximate surface area is 243 Å². The zero-order valence-corrected chi connectivity index (χ0v) is 24.0.